The zero-order valence-corrected chi connectivity index (χ0v) is 10.7. The van der Waals surface area contributed by atoms with Gasteiger partial charge in [-0.15, -0.1) is 5.10 Å². The third-order valence-corrected chi connectivity index (χ3v) is 2.65. The van der Waals surface area contributed by atoms with E-state index in [0.29, 0.717) is 36.9 Å². The number of aromatic nitrogens is 6. The molecule has 0 aliphatic heterocycles. The Labute approximate surface area is 114 Å². The van der Waals surface area contributed by atoms with Gasteiger partial charge in [-0.25, -0.2) is 0 Å². The molecule has 8 heteroatoms. The summed E-state index contributed by atoms with van der Waals surface area (Å²) in [4.78, 5) is 8.50. The number of nitrogens with two attached hydrogens (primary N) is 1. The van der Waals surface area contributed by atoms with Gasteiger partial charge in [0.1, 0.15) is 0 Å². The molecule has 0 saturated heterocycles. The molecule has 0 atom stereocenters. The van der Waals surface area contributed by atoms with Crippen LogP contribution in [0.5, 0.6) is 0 Å². The fourth-order valence-corrected chi connectivity index (χ4v) is 1.73. The van der Waals surface area contributed by atoms with Crippen molar-refractivity contribution in [3.8, 4) is 11.6 Å². The summed E-state index contributed by atoms with van der Waals surface area (Å²) in [5.41, 5.74) is 6.87. The van der Waals surface area contributed by atoms with Crippen LogP contribution in [0.3, 0.4) is 0 Å². The topological polar surface area (TPSA) is 109 Å². The van der Waals surface area contributed by atoms with Crippen LogP contribution in [-0.4, -0.2) is 36.7 Å². The van der Waals surface area contributed by atoms with Crippen LogP contribution in [0.4, 0.5) is 0 Å². The van der Waals surface area contributed by atoms with E-state index in [1.807, 2.05) is 18.2 Å². The highest BCUT2D eigenvalue weighted by Crippen LogP contribution is 2.14. The van der Waals surface area contributed by atoms with E-state index in [1.165, 1.54) is 0 Å². The van der Waals surface area contributed by atoms with Crippen LogP contribution in [-0.2, 0) is 13.0 Å². The quantitative estimate of drug-likeness (QED) is 0.709. The van der Waals surface area contributed by atoms with Crippen molar-refractivity contribution in [2.24, 2.45) is 5.73 Å². The van der Waals surface area contributed by atoms with Gasteiger partial charge in [-0.1, -0.05) is 16.4 Å². The summed E-state index contributed by atoms with van der Waals surface area (Å²) in [6, 6.07) is 5.69. The molecular formula is C12H13N7O. The van der Waals surface area contributed by atoms with Gasteiger partial charge >= 0.3 is 0 Å². The Kier molecular flexibility index (Phi) is 3.46. The van der Waals surface area contributed by atoms with Gasteiger partial charge in [0, 0.05) is 18.4 Å². The maximum atomic E-state index is 5.45. The van der Waals surface area contributed by atoms with Crippen LogP contribution in [0.2, 0.25) is 0 Å². The molecule has 0 saturated carbocycles. The lowest BCUT2D eigenvalue weighted by Crippen LogP contribution is -2.10. The van der Waals surface area contributed by atoms with E-state index in [1.54, 1.807) is 17.1 Å². The second kappa shape index (κ2) is 5.57. The van der Waals surface area contributed by atoms with Gasteiger partial charge in [-0.05, 0) is 12.1 Å². The zero-order valence-electron chi connectivity index (χ0n) is 10.7. The Morgan fingerprint density at radius 1 is 1.30 bits per heavy atom. The molecular weight excluding hydrogens is 258 g/mol. The van der Waals surface area contributed by atoms with Gasteiger partial charge in [0.25, 0.3) is 5.89 Å². The number of pyridine rings is 1. The second-order valence-electron chi connectivity index (χ2n) is 4.17. The number of rotatable bonds is 5. The normalized spacial score (nSPS) is 10.8. The number of nitrogens with zero attached hydrogens (tertiary/aromatic N) is 6. The Morgan fingerprint density at radius 2 is 2.25 bits per heavy atom. The van der Waals surface area contributed by atoms with Gasteiger partial charge in [0.2, 0.25) is 0 Å². The highest BCUT2D eigenvalue weighted by atomic mass is 16.5. The first-order chi connectivity index (χ1) is 9.85. The van der Waals surface area contributed by atoms with Gasteiger partial charge in [0.15, 0.2) is 11.5 Å². The van der Waals surface area contributed by atoms with Gasteiger partial charge in [-0.2, -0.15) is 4.98 Å². The summed E-state index contributed by atoms with van der Waals surface area (Å²) < 4.78 is 6.82. The number of hydrogen-bond donors (Lipinski definition) is 1. The van der Waals surface area contributed by atoms with E-state index in [4.69, 9.17) is 10.3 Å². The molecule has 0 unspecified atom stereocenters. The highest BCUT2D eigenvalue weighted by molar-refractivity contribution is 5.43. The largest absolute Gasteiger partial charge is 0.332 e. The summed E-state index contributed by atoms with van der Waals surface area (Å²) in [6.45, 7) is 1.10. The molecule has 3 heterocycles. The van der Waals surface area contributed by atoms with Crippen molar-refractivity contribution in [3.63, 3.8) is 0 Å². The predicted molar refractivity (Wildman–Crippen MR) is 69.4 cm³/mol. The highest BCUT2D eigenvalue weighted by Gasteiger charge is 2.13. The van der Waals surface area contributed by atoms with Crippen molar-refractivity contribution in [2.45, 2.75) is 13.0 Å². The fourth-order valence-electron chi connectivity index (χ4n) is 1.73. The maximum Gasteiger partial charge on any atom is 0.280 e. The summed E-state index contributed by atoms with van der Waals surface area (Å²) in [6.07, 6.45) is 3.97. The van der Waals surface area contributed by atoms with Crippen molar-refractivity contribution >= 4 is 0 Å². The van der Waals surface area contributed by atoms with Crippen molar-refractivity contribution < 1.29 is 4.52 Å². The van der Waals surface area contributed by atoms with E-state index >= 15 is 0 Å². The average Bonchev–Trinajstić information content (AvgIpc) is 3.10. The van der Waals surface area contributed by atoms with Gasteiger partial charge in [-0.3, -0.25) is 9.67 Å². The number of hydrogen-bond acceptors (Lipinski definition) is 7. The first-order valence-electron chi connectivity index (χ1n) is 6.18. The lowest BCUT2D eigenvalue weighted by molar-refractivity contribution is 0.422. The molecule has 0 amide bonds. The summed E-state index contributed by atoms with van der Waals surface area (Å²) >= 11 is 0. The Hall–Kier alpha value is -2.61. The smallest absolute Gasteiger partial charge is 0.280 e. The maximum absolute atomic E-state index is 5.45. The minimum atomic E-state index is 0.346. The standard InChI is InChI=1S/C12H13N7O/c13-4-6-19-8-10(16-18-19)12-15-11(17-20-12)7-9-3-1-2-5-14-9/h1-3,5,8H,4,6-7,13H2. The second-order valence-corrected chi connectivity index (χ2v) is 4.17. The predicted octanol–water partition coefficient (Wildman–Crippen LogP) is 0.273. The molecule has 3 rings (SSSR count). The van der Waals surface area contributed by atoms with E-state index in [9.17, 15) is 0 Å². The zero-order chi connectivity index (χ0) is 13.8. The summed E-state index contributed by atoms with van der Waals surface area (Å²) in [5.74, 6) is 0.909. The molecule has 102 valence electrons. The van der Waals surface area contributed by atoms with Crippen LogP contribution < -0.4 is 5.73 Å². The lowest BCUT2D eigenvalue weighted by Gasteiger charge is -1.92. The summed E-state index contributed by atoms with van der Waals surface area (Å²) in [7, 11) is 0. The average molecular weight is 271 g/mol. The molecule has 0 spiro atoms. The molecule has 0 fully saturated rings. The molecule has 0 aromatic carbocycles. The third kappa shape index (κ3) is 2.69. The van der Waals surface area contributed by atoms with E-state index in [0.717, 1.165) is 5.69 Å². The van der Waals surface area contributed by atoms with Crippen molar-refractivity contribution in [2.75, 3.05) is 6.54 Å². The first kappa shape index (κ1) is 12.4. The van der Waals surface area contributed by atoms with E-state index in [2.05, 4.69) is 25.4 Å². The van der Waals surface area contributed by atoms with Crippen molar-refractivity contribution in [3.05, 3.63) is 42.1 Å². The lowest BCUT2D eigenvalue weighted by atomic mass is 10.2. The van der Waals surface area contributed by atoms with Crippen LogP contribution in [0.1, 0.15) is 11.5 Å². The van der Waals surface area contributed by atoms with Crippen LogP contribution in [0, 0.1) is 0 Å². The molecule has 3 aromatic heterocycles. The molecule has 2 N–H and O–H groups in total. The SMILES string of the molecule is NCCn1cc(-c2nc(Cc3ccccn3)no2)nn1. The monoisotopic (exact) mass is 271 g/mol. The van der Waals surface area contributed by atoms with Crippen LogP contribution in [0.25, 0.3) is 11.6 Å². The molecule has 0 radical (unpaired) electrons. The minimum absolute atomic E-state index is 0.346. The fraction of sp³-hybridized carbons (Fsp3) is 0.250. The Morgan fingerprint density at radius 3 is 3.05 bits per heavy atom. The molecule has 20 heavy (non-hydrogen) atoms. The third-order valence-electron chi connectivity index (χ3n) is 2.65. The minimum Gasteiger partial charge on any atom is -0.332 e. The van der Waals surface area contributed by atoms with E-state index < -0.39 is 0 Å². The van der Waals surface area contributed by atoms with Crippen molar-refractivity contribution in [1.82, 2.24) is 30.1 Å². The Balaban J connectivity index is 1.76. The first-order valence-corrected chi connectivity index (χ1v) is 6.18. The molecule has 8 nitrogen and oxygen atoms in total. The summed E-state index contributed by atoms with van der Waals surface area (Å²) in [5, 5.41) is 11.8. The van der Waals surface area contributed by atoms with E-state index in [-0.39, 0.29) is 0 Å². The molecule has 0 aliphatic carbocycles. The molecule has 3 aromatic rings. The van der Waals surface area contributed by atoms with Crippen LogP contribution >= 0.6 is 0 Å². The van der Waals surface area contributed by atoms with Gasteiger partial charge < -0.3 is 10.3 Å². The Bertz CT molecular complexity index is 676. The van der Waals surface area contributed by atoms with Crippen molar-refractivity contribution in [1.29, 1.82) is 0 Å². The molecule has 0 aliphatic rings. The molecule has 0 bridgehead atoms. The van der Waals surface area contributed by atoms with Crippen LogP contribution in [0.15, 0.2) is 35.1 Å². The van der Waals surface area contributed by atoms with Gasteiger partial charge in [0.05, 0.1) is 19.2 Å².